The van der Waals surface area contributed by atoms with Gasteiger partial charge in [0, 0.05) is 35.8 Å². The zero-order valence-corrected chi connectivity index (χ0v) is 13.8. The van der Waals surface area contributed by atoms with Crippen LogP contribution in [0.1, 0.15) is 51.2 Å². The smallest absolute Gasteiger partial charge is 0.0944 e. The van der Waals surface area contributed by atoms with E-state index in [1.807, 2.05) is 0 Å². The van der Waals surface area contributed by atoms with Crippen molar-refractivity contribution in [1.29, 1.82) is 0 Å². The molecule has 20 heavy (non-hydrogen) atoms. The molecule has 0 aromatic carbocycles. The number of ether oxygens (including phenoxy) is 1. The Morgan fingerprint density at radius 1 is 1.55 bits per heavy atom. The molecule has 0 bridgehead atoms. The Kier molecular flexibility index (Phi) is 5.18. The molecule has 0 saturated carbocycles. The molecule has 3 N–H and O–H groups in total. The van der Waals surface area contributed by atoms with Crippen molar-refractivity contribution in [3.05, 3.63) is 16.1 Å². The molecule has 0 spiro atoms. The van der Waals surface area contributed by atoms with Crippen LogP contribution in [0.25, 0.3) is 0 Å². The summed E-state index contributed by atoms with van der Waals surface area (Å²) in [6.45, 7) is 9.62. The molecule has 1 aromatic heterocycles. The first-order valence-corrected chi connectivity index (χ1v) is 8.36. The lowest BCUT2D eigenvalue weighted by Gasteiger charge is -2.25. The highest BCUT2D eigenvalue weighted by Gasteiger charge is 2.33. The highest BCUT2D eigenvalue weighted by molar-refractivity contribution is 7.09. The van der Waals surface area contributed by atoms with E-state index >= 15 is 0 Å². The third-order valence-corrected chi connectivity index (χ3v) is 4.98. The Morgan fingerprint density at radius 3 is 2.85 bits per heavy atom. The van der Waals surface area contributed by atoms with E-state index in [0.29, 0.717) is 12.0 Å². The number of rotatable bonds is 5. The number of thiazole rings is 1. The predicted molar refractivity (Wildman–Crippen MR) is 83.8 cm³/mol. The van der Waals surface area contributed by atoms with E-state index in [-0.39, 0.29) is 11.5 Å². The van der Waals surface area contributed by atoms with E-state index in [4.69, 9.17) is 15.6 Å². The molecule has 2 rings (SSSR count). The van der Waals surface area contributed by atoms with E-state index in [1.54, 1.807) is 11.3 Å². The minimum Gasteiger partial charge on any atom is -0.378 e. The monoisotopic (exact) mass is 297 g/mol. The molecule has 1 aliphatic heterocycles. The van der Waals surface area contributed by atoms with Crippen molar-refractivity contribution in [3.63, 3.8) is 0 Å². The van der Waals surface area contributed by atoms with Crippen LogP contribution in [0.5, 0.6) is 0 Å². The minimum atomic E-state index is 0.114. The SMILES string of the molecule is CCC1OCCC1C(Cc1nc(C(C)(C)C)cs1)NN. The van der Waals surface area contributed by atoms with Crippen LogP contribution < -0.4 is 11.3 Å². The summed E-state index contributed by atoms with van der Waals surface area (Å²) in [6, 6.07) is 0.251. The molecule has 3 atom stereocenters. The van der Waals surface area contributed by atoms with Gasteiger partial charge >= 0.3 is 0 Å². The molecule has 1 aliphatic rings. The van der Waals surface area contributed by atoms with Crippen molar-refractivity contribution >= 4 is 11.3 Å². The zero-order chi connectivity index (χ0) is 14.8. The van der Waals surface area contributed by atoms with Crippen molar-refractivity contribution in [3.8, 4) is 0 Å². The molecule has 2 heterocycles. The number of hydrazine groups is 1. The summed E-state index contributed by atoms with van der Waals surface area (Å²) < 4.78 is 5.78. The quantitative estimate of drug-likeness (QED) is 0.648. The summed E-state index contributed by atoms with van der Waals surface area (Å²) in [5.41, 5.74) is 4.27. The van der Waals surface area contributed by atoms with Crippen LogP contribution in [0.3, 0.4) is 0 Å². The van der Waals surface area contributed by atoms with E-state index in [0.717, 1.165) is 25.9 Å². The van der Waals surface area contributed by atoms with E-state index in [1.165, 1.54) is 10.7 Å². The number of aromatic nitrogens is 1. The number of hydrogen-bond donors (Lipinski definition) is 2. The highest BCUT2D eigenvalue weighted by Crippen LogP contribution is 2.30. The summed E-state index contributed by atoms with van der Waals surface area (Å²) in [4.78, 5) is 4.77. The van der Waals surface area contributed by atoms with Crippen LogP contribution in [0, 0.1) is 5.92 Å². The topological polar surface area (TPSA) is 60.2 Å². The van der Waals surface area contributed by atoms with Crippen molar-refractivity contribution in [2.75, 3.05) is 6.61 Å². The van der Waals surface area contributed by atoms with Gasteiger partial charge in [0.05, 0.1) is 16.8 Å². The first-order chi connectivity index (χ1) is 9.45. The maximum absolute atomic E-state index is 5.78. The van der Waals surface area contributed by atoms with Gasteiger partial charge in [0.25, 0.3) is 0 Å². The Bertz CT molecular complexity index is 427. The van der Waals surface area contributed by atoms with Gasteiger partial charge in [-0.25, -0.2) is 4.98 Å². The number of hydrogen-bond acceptors (Lipinski definition) is 5. The van der Waals surface area contributed by atoms with Crippen molar-refractivity contribution in [2.45, 2.75) is 64.5 Å². The maximum Gasteiger partial charge on any atom is 0.0944 e. The zero-order valence-electron chi connectivity index (χ0n) is 13.0. The van der Waals surface area contributed by atoms with Gasteiger partial charge in [0.1, 0.15) is 0 Å². The molecule has 4 nitrogen and oxygen atoms in total. The standard InChI is InChI=1S/C15H27N3OS/c1-5-12-10(6-7-19-12)11(18-16)8-14-17-13(9-20-14)15(2,3)4/h9-12,18H,5-8,16H2,1-4H3. The third-order valence-electron chi connectivity index (χ3n) is 4.11. The summed E-state index contributed by atoms with van der Waals surface area (Å²) >= 11 is 1.74. The fourth-order valence-electron chi connectivity index (χ4n) is 2.82. The van der Waals surface area contributed by atoms with Crippen molar-refractivity contribution < 1.29 is 4.74 Å². The lowest BCUT2D eigenvalue weighted by atomic mass is 9.89. The maximum atomic E-state index is 5.78. The van der Waals surface area contributed by atoms with Crippen LogP contribution in [0.2, 0.25) is 0 Å². The molecule has 0 aliphatic carbocycles. The third kappa shape index (κ3) is 3.58. The van der Waals surface area contributed by atoms with E-state index < -0.39 is 0 Å². The fourth-order valence-corrected chi connectivity index (χ4v) is 3.90. The van der Waals surface area contributed by atoms with Crippen LogP contribution in [-0.4, -0.2) is 23.7 Å². The Morgan fingerprint density at radius 2 is 2.30 bits per heavy atom. The lowest BCUT2D eigenvalue weighted by molar-refractivity contribution is 0.0774. The van der Waals surface area contributed by atoms with E-state index in [9.17, 15) is 0 Å². The van der Waals surface area contributed by atoms with Gasteiger partial charge < -0.3 is 4.74 Å². The van der Waals surface area contributed by atoms with Crippen molar-refractivity contribution in [1.82, 2.24) is 10.4 Å². The summed E-state index contributed by atoms with van der Waals surface area (Å²) in [5, 5.41) is 3.34. The molecular formula is C15H27N3OS. The molecule has 3 unspecified atom stereocenters. The minimum absolute atomic E-state index is 0.114. The summed E-state index contributed by atoms with van der Waals surface area (Å²) in [7, 11) is 0. The molecule has 1 fully saturated rings. The highest BCUT2D eigenvalue weighted by atomic mass is 32.1. The second-order valence-electron chi connectivity index (χ2n) is 6.62. The second kappa shape index (κ2) is 6.52. The number of nitrogens with one attached hydrogen (secondary N) is 1. The fraction of sp³-hybridized carbons (Fsp3) is 0.800. The molecule has 0 radical (unpaired) electrons. The number of nitrogens with zero attached hydrogens (tertiary/aromatic N) is 1. The van der Waals surface area contributed by atoms with Crippen LogP contribution in [0.4, 0.5) is 0 Å². The van der Waals surface area contributed by atoms with Gasteiger partial charge in [-0.1, -0.05) is 27.7 Å². The van der Waals surface area contributed by atoms with Crippen LogP contribution in [-0.2, 0) is 16.6 Å². The van der Waals surface area contributed by atoms with Crippen LogP contribution in [0.15, 0.2) is 5.38 Å². The summed E-state index contributed by atoms with van der Waals surface area (Å²) in [6.07, 6.45) is 3.36. The molecule has 1 aromatic rings. The van der Waals surface area contributed by atoms with Gasteiger partial charge in [-0.15, -0.1) is 11.3 Å². The van der Waals surface area contributed by atoms with Gasteiger partial charge in [-0.2, -0.15) is 0 Å². The first kappa shape index (κ1) is 15.9. The molecule has 114 valence electrons. The normalized spacial score (nSPS) is 25.1. The van der Waals surface area contributed by atoms with Gasteiger partial charge in [0.2, 0.25) is 0 Å². The largest absolute Gasteiger partial charge is 0.378 e. The predicted octanol–water partition coefficient (Wildman–Crippen LogP) is 2.63. The van der Waals surface area contributed by atoms with Crippen molar-refractivity contribution in [2.24, 2.45) is 11.8 Å². The second-order valence-corrected chi connectivity index (χ2v) is 7.57. The average Bonchev–Trinajstić information content (AvgIpc) is 3.03. The van der Waals surface area contributed by atoms with Crippen LogP contribution >= 0.6 is 11.3 Å². The lowest BCUT2D eigenvalue weighted by Crippen LogP contribution is -2.45. The average molecular weight is 297 g/mol. The number of nitrogens with two attached hydrogens (primary N) is 1. The van der Waals surface area contributed by atoms with Gasteiger partial charge in [0.15, 0.2) is 0 Å². The molecular weight excluding hydrogens is 270 g/mol. The first-order valence-electron chi connectivity index (χ1n) is 7.48. The Labute approximate surface area is 126 Å². The summed E-state index contributed by atoms with van der Waals surface area (Å²) in [5.74, 6) is 6.27. The Hall–Kier alpha value is -0.490. The van der Waals surface area contributed by atoms with Gasteiger partial charge in [-0.05, 0) is 12.8 Å². The van der Waals surface area contributed by atoms with E-state index in [2.05, 4.69) is 38.5 Å². The van der Waals surface area contributed by atoms with Gasteiger partial charge in [-0.3, -0.25) is 11.3 Å². The molecule has 1 saturated heterocycles. The molecule has 5 heteroatoms. The molecule has 0 amide bonds. The Balaban J connectivity index is 2.05.